The molecule has 23 heavy (non-hydrogen) atoms. The smallest absolute Gasteiger partial charge is 0.259 e. The molecule has 1 N–H and O–H groups in total. The Kier molecular flexibility index (Phi) is 4.76. The summed E-state index contributed by atoms with van der Waals surface area (Å²) < 4.78 is 5.33. The number of nitrogens with zero attached hydrogens (tertiary/aromatic N) is 2. The van der Waals surface area contributed by atoms with E-state index in [1.807, 2.05) is 49.2 Å². The summed E-state index contributed by atoms with van der Waals surface area (Å²) >= 11 is 0. The molecule has 122 valence electrons. The summed E-state index contributed by atoms with van der Waals surface area (Å²) in [5.41, 5.74) is 2.15. The number of likely N-dealkylation sites (tertiary alicyclic amines) is 1. The fraction of sp³-hybridized carbons (Fsp3) is 0.444. The molecule has 1 aliphatic heterocycles. The first kappa shape index (κ1) is 15.7. The van der Waals surface area contributed by atoms with Crippen molar-refractivity contribution in [3.05, 3.63) is 41.7 Å². The van der Waals surface area contributed by atoms with E-state index in [1.54, 1.807) is 0 Å². The average Bonchev–Trinajstić information content (AvgIpc) is 2.97. The van der Waals surface area contributed by atoms with Crippen LogP contribution in [0.2, 0.25) is 0 Å². The molecule has 1 unspecified atom stereocenters. The van der Waals surface area contributed by atoms with Gasteiger partial charge in [0.05, 0.1) is 0 Å². The Balaban J connectivity index is 1.87. The van der Waals surface area contributed by atoms with Crippen molar-refractivity contribution in [3.8, 4) is 11.3 Å². The summed E-state index contributed by atoms with van der Waals surface area (Å²) in [7, 11) is 1.96. The third-order valence-electron chi connectivity index (χ3n) is 4.42. The fourth-order valence-corrected chi connectivity index (χ4v) is 3.28. The van der Waals surface area contributed by atoms with Gasteiger partial charge in [0.1, 0.15) is 17.0 Å². The molecule has 2 aromatic rings. The van der Waals surface area contributed by atoms with E-state index >= 15 is 0 Å². The number of hydrogen-bond acceptors (Lipinski definition) is 4. The molecule has 2 heterocycles. The monoisotopic (exact) mass is 313 g/mol. The van der Waals surface area contributed by atoms with Crippen LogP contribution in [0.1, 0.15) is 29.0 Å². The van der Waals surface area contributed by atoms with Gasteiger partial charge < -0.3 is 14.7 Å². The Bertz CT molecular complexity index is 664. The van der Waals surface area contributed by atoms with Crippen LogP contribution in [0.4, 0.5) is 0 Å². The zero-order valence-electron chi connectivity index (χ0n) is 13.7. The zero-order valence-corrected chi connectivity index (χ0v) is 13.7. The van der Waals surface area contributed by atoms with Gasteiger partial charge in [0, 0.05) is 18.7 Å². The number of amides is 1. The Morgan fingerprint density at radius 1 is 1.39 bits per heavy atom. The van der Waals surface area contributed by atoms with Crippen molar-refractivity contribution >= 4 is 5.91 Å². The predicted octanol–water partition coefficient (Wildman–Crippen LogP) is 2.72. The van der Waals surface area contributed by atoms with Gasteiger partial charge in [0.15, 0.2) is 0 Å². The van der Waals surface area contributed by atoms with Crippen LogP contribution in [0.15, 0.2) is 34.9 Å². The summed E-state index contributed by atoms with van der Waals surface area (Å²) in [6, 6.07) is 9.74. The maximum atomic E-state index is 13.0. The van der Waals surface area contributed by atoms with E-state index in [0.29, 0.717) is 22.9 Å². The van der Waals surface area contributed by atoms with E-state index in [2.05, 4.69) is 10.5 Å². The van der Waals surface area contributed by atoms with E-state index in [9.17, 15) is 4.79 Å². The second-order valence-corrected chi connectivity index (χ2v) is 6.15. The SMILES string of the molecule is CNCC1CCCN(C(=O)c2c(-c3ccccc3)noc2C)C1. The second-order valence-electron chi connectivity index (χ2n) is 6.15. The van der Waals surface area contributed by atoms with Gasteiger partial charge in [-0.1, -0.05) is 35.5 Å². The highest BCUT2D eigenvalue weighted by Crippen LogP contribution is 2.28. The Labute approximate surface area is 136 Å². The molecule has 3 rings (SSSR count). The zero-order chi connectivity index (χ0) is 16.2. The van der Waals surface area contributed by atoms with Crippen molar-refractivity contribution < 1.29 is 9.32 Å². The molecule has 0 spiro atoms. The van der Waals surface area contributed by atoms with Crippen LogP contribution in [0.3, 0.4) is 0 Å². The van der Waals surface area contributed by atoms with Crippen LogP contribution >= 0.6 is 0 Å². The van der Waals surface area contributed by atoms with Gasteiger partial charge in [-0.2, -0.15) is 0 Å². The van der Waals surface area contributed by atoms with E-state index in [4.69, 9.17) is 4.52 Å². The molecule has 0 saturated carbocycles. The highest BCUT2D eigenvalue weighted by molar-refractivity contribution is 6.00. The highest BCUT2D eigenvalue weighted by Gasteiger charge is 2.29. The quantitative estimate of drug-likeness (QED) is 0.943. The molecule has 1 aliphatic rings. The van der Waals surface area contributed by atoms with E-state index in [0.717, 1.165) is 31.6 Å². The Morgan fingerprint density at radius 2 is 2.17 bits per heavy atom. The lowest BCUT2D eigenvalue weighted by Crippen LogP contribution is -2.42. The number of carbonyl (C=O) groups is 1. The molecule has 0 radical (unpaired) electrons. The van der Waals surface area contributed by atoms with Crippen molar-refractivity contribution in [2.24, 2.45) is 5.92 Å². The minimum atomic E-state index is 0.0309. The van der Waals surface area contributed by atoms with E-state index < -0.39 is 0 Å². The van der Waals surface area contributed by atoms with Gasteiger partial charge in [0.2, 0.25) is 0 Å². The molecule has 1 aromatic carbocycles. The first-order valence-electron chi connectivity index (χ1n) is 8.16. The van der Waals surface area contributed by atoms with Gasteiger partial charge in [-0.15, -0.1) is 0 Å². The summed E-state index contributed by atoms with van der Waals surface area (Å²) in [6.45, 7) is 4.34. The van der Waals surface area contributed by atoms with Crippen LogP contribution in [0, 0.1) is 12.8 Å². The van der Waals surface area contributed by atoms with Crippen LogP contribution in [-0.2, 0) is 0 Å². The number of rotatable bonds is 4. The van der Waals surface area contributed by atoms with E-state index in [-0.39, 0.29) is 5.91 Å². The summed E-state index contributed by atoms with van der Waals surface area (Å²) in [5, 5.41) is 7.33. The first-order chi connectivity index (χ1) is 11.2. The predicted molar refractivity (Wildman–Crippen MR) is 89.2 cm³/mol. The van der Waals surface area contributed by atoms with Gasteiger partial charge in [-0.25, -0.2) is 0 Å². The molecule has 5 nitrogen and oxygen atoms in total. The Morgan fingerprint density at radius 3 is 2.91 bits per heavy atom. The molecule has 5 heteroatoms. The number of nitrogens with one attached hydrogen (secondary N) is 1. The van der Waals surface area contributed by atoms with Crippen molar-refractivity contribution in [1.82, 2.24) is 15.4 Å². The number of carbonyl (C=O) groups excluding carboxylic acids is 1. The minimum absolute atomic E-state index is 0.0309. The lowest BCUT2D eigenvalue weighted by molar-refractivity contribution is 0.0673. The largest absolute Gasteiger partial charge is 0.360 e. The average molecular weight is 313 g/mol. The van der Waals surface area contributed by atoms with Crippen LogP contribution < -0.4 is 5.32 Å². The number of benzene rings is 1. The summed E-state index contributed by atoms with van der Waals surface area (Å²) in [4.78, 5) is 15.0. The second kappa shape index (κ2) is 6.96. The lowest BCUT2D eigenvalue weighted by Gasteiger charge is -2.32. The molecular formula is C18H23N3O2. The minimum Gasteiger partial charge on any atom is -0.360 e. The topological polar surface area (TPSA) is 58.4 Å². The lowest BCUT2D eigenvalue weighted by atomic mass is 9.96. The first-order valence-corrected chi connectivity index (χ1v) is 8.16. The molecular weight excluding hydrogens is 290 g/mol. The molecule has 1 fully saturated rings. The number of hydrogen-bond donors (Lipinski definition) is 1. The van der Waals surface area contributed by atoms with Gasteiger partial charge in [-0.3, -0.25) is 4.79 Å². The molecule has 1 amide bonds. The molecule has 1 aromatic heterocycles. The van der Waals surface area contributed by atoms with Crippen molar-refractivity contribution in [2.75, 3.05) is 26.7 Å². The molecule has 0 aliphatic carbocycles. The number of aryl methyl sites for hydroxylation is 1. The maximum absolute atomic E-state index is 13.0. The molecule has 1 atom stereocenters. The standard InChI is InChI=1S/C18H23N3O2/c1-13-16(17(20-23-13)15-8-4-3-5-9-15)18(22)21-10-6-7-14(12-21)11-19-2/h3-5,8-9,14,19H,6-7,10-12H2,1-2H3. The number of aromatic nitrogens is 1. The third kappa shape index (κ3) is 3.29. The van der Waals surface area contributed by atoms with E-state index in [1.165, 1.54) is 6.42 Å². The molecule has 0 bridgehead atoms. The maximum Gasteiger partial charge on any atom is 0.259 e. The normalized spacial score (nSPS) is 18.2. The number of piperidine rings is 1. The van der Waals surface area contributed by atoms with Crippen LogP contribution in [0.5, 0.6) is 0 Å². The van der Waals surface area contributed by atoms with Crippen molar-refractivity contribution in [1.29, 1.82) is 0 Å². The van der Waals surface area contributed by atoms with Crippen LogP contribution in [-0.4, -0.2) is 42.6 Å². The van der Waals surface area contributed by atoms with Crippen LogP contribution in [0.25, 0.3) is 11.3 Å². The van der Waals surface area contributed by atoms with Gasteiger partial charge in [-0.05, 0) is 39.3 Å². The third-order valence-corrected chi connectivity index (χ3v) is 4.42. The highest BCUT2D eigenvalue weighted by atomic mass is 16.5. The molecule has 1 saturated heterocycles. The van der Waals surface area contributed by atoms with Crippen molar-refractivity contribution in [2.45, 2.75) is 19.8 Å². The van der Waals surface area contributed by atoms with Gasteiger partial charge in [0.25, 0.3) is 5.91 Å². The summed E-state index contributed by atoms with van der Waals surface area (Å²) in [5.74, 6) is 1.13. The fourth-order valence-electron chi connectivity index (χ4n) is 3.28. The Hall–Kier alpha value is -2.14. The van der Waals surface area contributed by atoms with Crippen molar-refractivity contribution in [3.63, 3.8) is 0 Å². The summed E-state index contributed by atoms with van der Waals surface area (Å²) in [6.07, 6.45) is 2.21. The van der Waals surface area contributed by atoms with Gasteiger partial charge >= 0.3 is 0 Å².